The minimum absolute atomic E-state index is 0.0135. The van der Waals surface area contributed by atoms with Crippen molar-refractivity contribution in [2.75, 3.05) is 5.32 Å². The number of nitrogens with one attached hydrogen (secondary N) is 1. The van der Waals surface area contributed by atoms with Gasteiger partial charge in [-0.2, -0.15) is 0 Å². The van der Waals surface area contributed by atoms with Crippen molar-refractivity contribution in [3.05, 3.63) is 40.6 Å². The molecule has 6 nitrogen and oxygen atoms in total. The molecule has 3 rings (SSSR count). The second-order valence-electron chi connectivity index (χ2n) is 4.34. The van der Waals surface area contributed by atoms with Crippen LogP contribution < -0.4 is 10.7 Å². The van der Waals surface area contributed by atoms with Gasteiger partial charge >= 0.3 is 0 Å². The van der Waals surface area contributed by atoms with Gasteiger partial charge in [-0.15, -0.1) is 0 Å². The third-order valence-corrected chi connectivity index (χ3v) is 2.80. The first-order valence-electron chi connectivity index (χ1n) is 5.89. The van der Waals surface area contributed by atoms with Crippen LogP contribution in [0.15, 0.2) is 39.5 Å². The standard InChI is InChI=1S/C14H10N2O4/c1-7(17)15-8-5-9-13(6-11(8)19)20-12-4-2-3-10(18)14(12)16-9/h2-6,18H,1H3,(H,15,17). The largest absolute Gasteiger partial charge is 0.506 e. The molecule has 1 aliphatic carbocycles. The molecule has 0 unspecified atom stereocenters. The summed E-state index contributed by atoms with van der Waals surface area (Å²) in [7, 11) is 0. The Labute approximate surface area is 113 Å². The van der Waals surface area contributed by atoms with Crippen molar-refractivity contribution in [3.8, 4) is 17.2 Å². The Kier molecular flexibility index (Phi) is 2.64. The van der Waals surface area contributed by atoms with Crippen LogP contribution >= 0.6 is 0 Å². The van der Waals surface area contributed by atoms with E-state index in [1.54, 1.807) is 12.1 Å². The van der Waals surface area contributed by atoms with Crippen LogP contribution in [-0.4, -0.2) is 16.0 Å². The van der Waals surface area contributed by atoms with Gasteiger partial charge < -0.3 is 14.8 Å². The number of fused-ring (bicyclic) bond motifs is 2. The van der Waals surface area contributed by atoms with Crippen molar-refractivity contribution < 1.29 is 14.3 Å². The van der Waals surface area contributed by atoms with Gasteiger partial charge in [-0.3, -0.25) is 9.59 Å². The Morgan fingerprint density at radius 1 is 1.35 bits per heavy atom. The summed E-state index contributed by atoms with van der Waals surface area (Å²) in [6.45, 7) is 1.31. The predicted molar refractivity (Wildman–Crippen MR) is 72.9 cm³/mol. The number of amides is 1. The van der Waals surface area contributed by atoms with E-state index >= 15 is 0 Å². The third kappa shape index (κ3) is 1.97. The maximum atomic E-state index is 11.8. The first-order valence-corrected chi connectivity index (χ1v) is 5.89. The number of benzene rings is 2. The van der Waals surface area contributed by atoms with Gasteiger partial charge in [-0.25, -0.2) is 4.98 Å². The van der Waals surface area contributed by atoms with Crippen molar-refractivity contribution >= 4 is 22.7 Å². The number of para-hydroxylation sites is 1. The van der Waals surface area contributed by atoms with Gasteiger partial charge in [0.1, 0.15) is 17.0 Å². The van der Waals surface area contributed by atoms with E-state index in [9.17, 15) is 14.7 Å². The number of nitrogens with zero attached hydrogens (tertiary/aromatic N) is 1. The molecular formula is C14H10N2O4. The van der Waals surface area contributed by atoms with Crippen LogP contribution in [0.2, 0.25) is 0 Å². The summed E-state index contributed by atoms with van der Waals surface area (Å²) in [5, 5.41) is 12.2. The number of phenolic OH excluding ortho intramolecular Hbond substituents is 1. The molecule has 1 aromatic carbocycles. The Bertz CT molecular complexity index is 854. The molecule has 0 fully saturated rings. The van der Waals surface area contributed by atoms with E-state index in [2.05, 4.69) is 10.3 Å². The van der Waals surface area contributed by atoms with Crippen LogP contribution in [-0.2, 0) is 4.79 Å². The molecule has 0 saturated carbocycles. The molecule has 1 aliphatic heterocycles. The van der Waals surface area contributed by atoms with E-state index in [1.807, 2.05) is 0 Å². The van der Waals surface area contributed by atoms with Crippen LogP contribution in [0.1, 0.15) is 6.92 Å². The van der Waals surface area contributed by atoms with E-state index in [4.69, 9.17) is 4.42 Å². The lowest BCUT2D eigenvalue weighted by Gasteiger charge is -2.08. The third-order valence-electron chi connectivity index (χ3n) is 2.80. The van der Waals surface area contributed by atoms with Gasteiger partial charge in [0, 0.05) is 13.0 Å². The fraction of sp³-hybridized carbons (Fsp3) is 0.0714. The Morgan fingerprint density at radius 3 is 2.90 bits per heavy atom. The maximum absolute atomic E-state index is 11.8. The zero-order chi connectivity index (χ0) is 14.3. The fourth-order valence-electron chi connectivity index (χ4n) is 1.95. The zero-order valence-corrected chi connectivity index (χ0v) is 10.5. The zero-order valence-electron chi connectivity index (χ0n) is 10.5. The lowest BCUT2D eigenvalue weighted by atomic mass is 10.2. The highest BCUT2D eigenvalue weighted by molar-refractivity contribution is 5.90. The quantitative estimate of drug-likeness (QED) is 0.659. The first kappa shape index (κ1) is 12.2. The summed E-state index contributed by atoms with van der Waals surface area (Å²) in [4.78, 5) is 27.1. The van der Waals surface area contributed by atoms with E-state index in [-0.39, 0.29) is 22.8 Å². The van der Waals surface area contributed by atoms with Gasteiger partial charge in [-0.05, 0) is 18.2 Å². The first-order chi connectivity index (χ1) is 9.54. The van der Waals surface area contributed by atoms with Gasteiger partial charge in [-0.1, -0.05) is 6.07 Å². The lowest BCUT2D eigenvalue weighted by Crippen LogP contribution is -2.15. The molecule has 2 N–H and O–H groups in total. The topological polar surface area (TPSA) is 92.4 Å². The maximum Gasteiger partial charge on any atom is 0.221 e. The molecule has 6 heteroatoms. The summed E-state index contributed by atoms with van der Waals surface area (Å²) in [5.74, 6) is -0.0651. The van der Waals surface area contributed by atoms with E-state index in [1.165, 1.54) is 25.1 Å². The lowest BCUT2D eigenvalue weighted by molar-refractivity contribution is -0.114. The van der Waals surface area contributed by atoms with Crippen molar-refractivity contribution in [1.82, 2.24) is 4.98 Å². The minimum Gasteiger partial charge on any atom is -0.506 e. The van der Waals surface area contributed by atoms with E-state index in [0.29, 0.717) is 22.6 Å². The molecule has 0 aromatic heterocycles. The number of rotatable bonds is 1. The SMILES string of the molecule is CC(=O)Nc1cc2nc3c(O)cccc3oc-2cc1=O. The molecule has 20 heavy (non-hydrogen) atoms. The number of hydrogen-bond donors (Lipinski definition) is 2. The molecule has 0 spiro atoms. The monoisotopic (exact) mass is 270 g/mol. The molecule has 0 atom stereocenters. The van der Waals surface area contributed by atoms with Crippen molar-refractivity contribution in [2.24, 2.45) is 0 Å². The molecule has 1 aromatic rings. The summed E-state index contributed by atoms with van der Waals surface area (Å²) in [6, 6.07) is 7.45. The van der Waals surface area contributed by atoms with Crippen LogP contribution in [0.5, 0.6) is 5.75 Å². The second kappa shape index (κ2) is 4.34. The number of phenols is 1. The van der Waals surface area contributed by atoms with E-state index < -0.39 is 0 Å². The molecule has 1 amide bonds. The highest BCUT2D eigenvalue weighted by Gasteiger charge is 2.14. The number of carbonyl (C=O) groups excluding carboxylic acids is 1. The predicted octanol–water partition coefficient (Wildman–Crippen LogP) is 1.96. The van der Waals surface area contributed by atoms with Crippen molar-refractivity contribution in [2.45, 2.75) is 6.92 Å². The summed E-state index contributed by atoms with van der Waals surface area (Å²) in [6.07, 6.45) is 0. The number of aromatic hydroxyl groups is 1. The van der Waals surface area contributed by atoms with Crippen LogP contribution in [0.3, 0.4) is 0 Å². The van der Waals surface area contributed by atoms with Gasteiger partial charge in [0.25, 0.3) is 0 Å². The molecule has 2 aliphatic rings. The smallest absolute Gasteiger partial charge is 0.221 e. The summed E-state index contributed by atoms with van der Waals surface area (Å²) >= 11 is 0. The minimum atomic E-state index is -0.363. The molecular weight excluding hydrogens is 260 g/mol. The van der Waals surface area contributed by atoms with Crippen molar-refractivity contribution in [3.63, 3.8) is 0 Å². The van der Waals surface area contributed by atoms with Gasteiger partial charge in [0.2, 0.25) is 11.3 Å². The molecule has 0 saturated heterocycles. The molecule has 100 valence electrons. The normalized spacial score (nSPS) is 10.8. The Morgan fingerprint density at radius 2 is 2.15 bits per heavy atom. The van der Waals surface area contributed by atoms with Gasteiger partial charge in [0.05, 0.1) is 5.69 Å². The Balaban J connectivity index is 2.31. The fourth-order valence-corrected chi connectivity index (χ4v) is 1.95. The summed E-state index contributed by atoms with van der Waals surface area (Å²) < 4.78 is 5.53. The average Bonchev–Trinajstić information content (AvgIpc) is 2.38. The summed E-state index contributed by atoms with van der Waals surface area (Å²) in [5.41, 5.74) is 0.819. The molecule has 0 radical (unpaired) electrons. The Hall–Kier alpha value is -2.89. The van der Waals surface area contributed by atoms with Crippen molar-refractivity contribution in [1.29, 1.82) is 0 Å². The number of aromatic nitrogens is 1. The number of carbonyl (C=O) groups is 1. The highest BCUT2D eigenvalue weighted by Crippen LogP contribution is 2.29. The van der Waals surface area contributed by atoms with Crippen LogP contribution in [0.4, 0.5) is 5.69 Å². The average molecular weight is 270 g/mol. The van der Waals surface area contributed by atoms with Crippen LogP contribution in [0.25, 0.3) is 22.6 Å². The van der Waals surface area contributed by atoms with Gasteiger partial charge in [0.15, 0.2) is 11.3 Å². The van der Waals surface area contributed by atoms with Crippen LogP contribution in [0, 0.1) is 0 Å². The second-order valence-corrected chi connectivity index (χ2v) is 4.34. The molecule has 1 heterocycles. The van der Waals surface area contributed by atoms with E-state index in [0.717, 1.165) is 0 Å². The number of hydrogen-bond acceptors (Lipinski definition) is 5. The molecule has 0 bridgehead atoms. The highest BCUT2D eigenvalue weighted by atomic mass is 16.3. The number of anilines is 1.